The van der Waals surface area contributed by atoms with Crippen LogP contribution >= 0.6 is 0 Å². The normalized spacial score (nSPS) is 15.3. The summed E-state index contributed by atoms with van der Waals surface area (Å²) in [5.41, 5.74) is 3.10. The third kappa shape index (κ3) is 4.37. The number of benzene rings is 1. The van der Waals surface area contributed by atoms with Crippen LogP contribution in [0.3, 0.4) is 0 Å². The number of nitrogens with one attached hydrogen (secondary N) is 2. The zero-order valence-electron chi connectivity index (χ0n) is 16.6. The topological polar surface area (TPSA) is 94.0 Å². The Morgan fingerprint density at radius 1 is 1.17 bits per heavy atom. The van der Waals surface area contributed by atoms with Crippen LogP contribution in [0.15, 0.2) is 42.5 Å². The van der Waals surface area contributed by atoms with Crippen LogP contribution in [0.25, 0.3) is 5.82 Å². The second-order valence-electron chi connectivity index (χ2n) is 7.09. The average Bonchev–Trinajstić information content (AvgIpc) is 3.09. The molecule has 1 unspecified atom stereocenters. The van der Waals surface area contributed by atoms with Crippen LogP contribution in [-0.2, 0) is 11.2 Å². The highest BCUT2D eigenvalue weighted by molar-refractivity contribution is 5.81. The summed E-state index contributed by atoms with van der Waals surface area (Å²) in [6.45, 7) is 4.94. The maximum Gasteiger partial charge on any atom is 0.261 e. The zero-order valence-corrected chi connectivity index (χ0v) is 16.6. The van der Waals surface area contributed by atoms with Gasteiger partial charge in [-0.05, 0) is 56.5 Å². The van der Waals surface area contributed by atoms with Gasteiger partial charge in [0.25, 0.3) is 5.91 Å². The molecule has 150 valence electrons. The molecule has 0 saturated carbocycles. The van der Waals surface area contributed by atoms with E-state index in [0.717, 1.165) is 29.1 Å². The monoisotopic (exact) mass is 392 g/mol. The van der Waals surface area contributed by atoms with E-state index in [1.807, 2.05) is 56.3 Å². The fourth-order valence-electron chi connectivity index (χ4n) is 3.39. The van der Waals surface area contributed by atoms with E-state index in [2.05, 4.69) is 25.9 Å². The zero-order chi connectivity index (χ0) is 20.2. The molecular weight excluding hydrogens is 368 g/mol. The molecule has 0 aliphatic carbocycles. The van der Waals surface area contributed by atoms with Gasteiger partial charge in [-0.25, -0.2) is 4.68 Å². The van der Waals surface area contributed by atoms with Crippen LogP contribution in [0.4, 0.5) is 5.82 Å². The standard InChI is InChI=1S/C21H24N6O2/c1-14-13-15(2)27(26-14)20-10-9-19(24-25-20)22-11-12-23-21(28)18-8-7-16-5-3-4-6-17(16)29-18/h3-6,9-10,13,18H,7-8,11-12H2,1-2H3,(H,22,24)(H,23,28). The lowest BCUT2D eigenvalue weighted by Crippen LogP contribution is -2.42. The average molecular weight is 392 g/mol. The first-order valence-electron chi connectivity index (χ1n) is 9.73. The fourth-order valence-corrected chi connectivity index (χ4v) is 3.39. The van der Waals surface area contributed by atoms with Gasteiger partial charge in [-0.3, -0.25) is 4.79 Å². The van der Waals surface area contributed by atoms with Crippen molar-refractivity contribution in [1.82, 2.24) is 25.3 Å². The second kappa shape index (κ2) is 8.30. The van der Waals surface area contributed by atoms with E-state index < -0.39 is 6.10 Å². The van der Waals surface area contributed by atoms with Crippen molar-refractivity contribution in [3.63, 3.8) is 0 Å². The Bertz CT molecular complexity index is 999. The van der Waals surface area contributed by atoms with E-state index in [-0.39, 0.29) is 5.91 Å². The van der Waals surface area contributed by atoms with Crippen LogP contribution in [0, 0.1) is 13.8 Å². The number of aryl methyl sites for hydroxylation is 3. The van der Waals surface area contributed by atoms with Crippen LogP contribution in [0.5, 0.6) is 5.75 Å². The molecule has 4 rings (SSSR count). The first-order chi connectivity index (χ1) is 14.1. The number of nitrogens with zero attached hydrogens (tertiary/aromatic N) is 4. The lowest BCUT2D eigenvalue weighted by Gasteiger charge is -2.25. The SMILES string of the molecule is Cc1cc(C)n(-c2ccc(NCCNC(=O)C3CCc4ccccc4O3)nn2)n1. The van der Waals surface area contributed by atoms with Crippen molar-refractivity contribution in [1.29, 1.82) is 0 Å². The summed E-state index contributed by atoms with van der Waals surface area (Å²) in [6, 6.07) is 13.6. The molecule has 8 nitrogen and oxygen atoms in total. The van der Waals surface area contributed by atoms with Crippen molar-refractivity contribution in [2.45, 2.75) is 32.8 Å². The van der Waals surface area contributed by atoms with Crippen LogP contribution in [-0.4, -0.2) is 45.1 Å². The molecule has 1 amide bonds. The van der Waals surface area contributed by atoms with Gasteiger partial charge in [-0.1, -0.05) is 18.2 Å². The molecule has 1 aromatic carbocycles. The summed E-state index contributed by atoms with van der Waals surface area (Å²) in [6.07, 6.45) is 1.10. The Kier molecular flexibility index (Phi) is 5.41. The Labute approximate surface area is 169 Å². The molecule has 1 aliphatic heterocycles. The predicted molar refractivity (Wildman–Crippen MR) is 109 cm³/mol. The van der Waals surface area contributed by atoms with Gasteiger partial charge < -0.3 is 15.4 Å². The van der Waals surface area contributed by atoms with Gasteiger partial charge >= 0.3 is 0 Å². The highest BCUT2D eigenvalue weighted by atomic mass is 16.5. The summed E-state index contributed by atoms with van der Waals surface area (Å²) >= 11 is 0. The molecule has 8 heteroatoms. The largest absolute Gasteiger partial charge is 0.480 e. The first-order valence-corrected chi connectivity index (χ1v) is 9.73. The van der Waals surface area contributed by atoms with Crippen molar-refractivity contribution in [2.24, 2.45) is 0 Å². The molecule has 0 saturated heterocycles. The van der Waals surface area contributed by atoms with Crippen LogP contribution < -0.4 is 15.4 Å². The smallest absolute Gasteiger partial charge is 0.261 e. The predicted octanol–water partition coefficient (Wildman–Crippen LogP) is 2.20. The summed E-state index contributed by atoms with van der Waals surface area (Å²) < 4.78 is 7.57. The third-order valence-electron chi connectivity index (χ3n) is 4.82. The van der Waals surface area contributed by atoms with E-state index in [1.54, 1.807) is 4.68 Å². The Hall–Kier alpha value is -3.42. The molecule has 0 spiro atoms. The van der Waals surface area contributed by atoms with E-state index >= 15 is 0 Å². The highest BCUT2D eigenvalue weighted by Gasteiger charge is 2.25. The van der Waals surface area contributed by atoms with Crippen molar-refractivity contribution in [3.05, 3.63) is 59.4 Å². The number of ether oxygens (including phenoxy) is 1. The third-order valence-corrected chi connectivity index (χ3v) is 4.82. The van der Waals surface area contributed by atoms with E-state index in [0.29, 0.717) is 31.1 Å². The Morgan fingerprint density at radius 2 is 2.03 bits per heavy atom. The number of rotatable bonds is 6. The number of hydrogen-bond acceptors (Lipinski definition) is 6. The quantitative estimate of drug-likeness (QED) is 0.625. The van der Waals surface area contributed by atoms with Crippen molar-refractivity contribution in [3.8, 4) is 11.6 Å². The van der Waals surface area contributed by atoms with Crippen LogP contribution in [0.1, 0.15) is 23.4 Å². The molecule has 3 aromatic rings. The number of aromatic nitrogens is 4. The minimum Gasteiger partial charge on any atom is -0.480 e. The highest BCUT2D eigenvalue weighted by Crippen LogP contribution is 2.26. The number of anilines is 1. The van der Waals surface area contributed by atoms with Gasteiger partial charge in [-0.15, -0.1) is 10.2 Å². The number of para-hydroxylation sites is 1. The summed E-state index contributed by atoms with van der Waals surface area (Å²) in [5.74, 6) is 2.03. The summed E-state index contributed by atoms with van der Waals surface area (Å²) in [5, 5.41) is 18.9. The van der Waals surface area contributed by atoms with E-state index in [1.165, 1.54) is 0 Å². The van der Waals surface area contributed by atoms with Crippen molar-refractivity contribution >= 4 is 11.7 Å². The molecule has 3 heterocycles. The number of amides is 1. The molecule has 29 heavy (non-hydrogen) atoms. The molecule has 1 aliphatic rings. The van der Waals surface area contributed by atoms with Gasteiger partial charge in [0.2, 0.25) is 0 Å². The number of hydrogen-bond donors (Lipinski definition) is 2. The van der Waals surface area contributed by atoms with Gasteiger partial charge in [0.1, 0.15) is 11.6 Å². The van der Waals surface area contributed by atoms with Gasteiger partial charge in [-0.2, -0.15) is 5.10 Å². The number of carbonyl (C=O) groups excluding carboxylic acids is 1. The van der Waals surface area contributed by atoms with Gasteiger partial charge in [0.05, 0.1) is 5.69 Å². The lowest BCUT2D eigenvalue weighted by molar-refractivity contribution is -0.128. The Morgan fingerprint density at radius 3 is 2.79 bits per heavy atom. The minimum atomic E-state index is -0.440. The lowest BCUT2D eigenvalue weighted by atomic mass is 10.0. The molecule has 2 N–H and O–H groups in total. The maximum atomic E-state index is 12.4. The first kappa shape index (κ1) is 18.9. The van der Waals surface area contributed by atoms with Gasteiger partial charge in [0.15, 0.2) is 11.9 Å². The Balaban J connectivity index is 1.23. The molecule has 2 aromatic heterocycles. The van der Waals surface area contributed by atoms with Gasteiger partial charge in [0, 0.05) is 18.8 Å². The van der Waals surface area contributed by atoms with E-state index in [9.17, 15) is 4.79 Å². The minimum absolute atomic E-state index is 0.0905. The molecule has 0 radical (unpaired) electrons. The molecule has 1 atom stereocenters. The summed E-state index contributed by atoms with van der Waals surface area (Å²) in [7, 11) is 0. The molecular formula is C21H24N6O2. The fraction of sp³-hybridized carbons (Fsp3) is 0.333. The molecule has 0 fully saturated rings. The molecule has 0 bridgehead atoms. The maximum absolute atomic E-state index is 12.4. The second-order valence-corrected chi connectivity index (χ2v) is 7.09. The van der Waals surface area contributed by atoms with Crippen molar-refractivity contribution in [2.75, 3.05) is 18.4 Å². The van der Waals surface area contributed by atoms with Crippen LogP contribution in [0.2, 0.25) is 0 Å². The number of carbonyl (C=O) groups is 1. The van der Waals surface area contributed by atoms with Crippen molar-refractivity contribution < 1.29 is 9.53 Å². The summed E-state index contributed by atoms with van der Waals surface area (Å²) in [4.78, 5) is 12.4. The van der Waals surface area contributed by atoms with E-state index in [4.69, 9.17) is 4.74 Å². The number of fused-ring (bicyclic) bond motifs is 1.